The molecule has 0 aliphatic heterocycles. The second kappa shape index (κ2) is 5.20. The number of hydrogen-bond acceptors (Lipinski definition) is 2. The molecule has 4 nitrogen and oxygen atoms in total. The van der Waals surface area contributed by atoms with Crippen LogP contribution in [-0.2, 0) is 11.0 Å². The number of hydrogen-bond donors (Lipinski definition) is 1. The highest BCUT2D eigenvalue weighted by molar-refractivity contribution is 5.86. The third-order valence-electron chi connectivity index (χ3n) is 2.50. The topological polar surface area (TPSA) is 55.1 Å². The number of aliphatic carboxylic acids is 1. The van der Waals surface area contributed by atoms with Crippen molar-refractivity contribution in [2.75, 3.05) is 0 Å². The van der Waals surface area contributed by atoms with Crippen LogP contribution in [0.25, 0.3) is 11.8 Å². The van der Waals surface area contributed by atoms with Crippen LogP contribution in [0.5, 0.6) is 0 Å². The zero-order chi connectivity index (χ0) is 14.8. The van der Waals surface area contributed by atoms with Gasteiger partial charge in [-0.15, -0.1) is 0 Å². The number of benzene rings is 1. The van der Waals surface area contributed by atoms with E-state index < -0.39 is 17.7 Å². The van der Waals surface area contributed by atoms with Crippen molar-refractivity contribution in [3.8, 4) is 5.69 Å². The zero-order valence-corrected chi connectivity index (χ0v) is 10.0. The maximum atomic E-state index is 12.5. The lowest BCUT2D eigenvalue weighted by molar-refractivity contribution is -0.137. The lowest BCUT2D eigenvalue weighted by Gasteiger charge is -2.06. The molecule has 7 heteroatoms. The molecule has 2 aromatic rings. The Morgan fingerprint density at radius 3 is 2.60 bits per heavy atom. The van der Waals surface area contributed by atoms with Crippen LogP contribution in [0.2, 0.25) is 0 Å². The number of carboxylic acid groups (broad SMARTS) is 1. The molecule has 0 fully saturated rings. The van der Waals surface area contributed by atoms with Gasteiger partial charge in [-0.05, 0) is 12.1 Å². The summed E-state index contributed by atoms with van der Waals surface area (Å²) in [5, 5.41) is 12.2. The fraction of sp³-hybridized carbons (Fsp3) is 0.0769. The molecule has 1 heterocycles. The van der Waals surface area contributed by atoms with Gasteiger partial charge in [0.15, 0.2) is 0 Å². The van der Waals surface area contributed by atoms with E-state index in [4.69, 9.17) is 5.11 Å². The Labute approximate surface area is 111 Å². The lowest BCUT2D eigenvalue weighted by Crippen LogP contribution is -2.03. The summed E-state index contributed by atoms with van der Waals surface area (Å²) in [7, 11) is 0. The van der Waals surface area contributed by atoms with Crippen molar-refractivity contribution in [2.45, 2.75) is 6.18 Å². The van der Waals surface area contributed by atoms with Crippen LogP contribution in [0.1, 0.15) is 11.1 Å². The first kappa shape index (κ1) is 13.9. The molecule has 20 heavy (non-hydrogen) atoms. The van der Waals surface area contributed by atoms with Crippen molar-refractivity contribution in [1.82, 2.24) is 9.78 Å². The molecule has 0 unspecified atom stereocenters. The minimum Gasteiger partial charge on any atom is -0.478 e. The molecule has 0 saturated carbocycles. The summed E-state index contributed by atoms with van der Waals surface area (Å²) in [5.41, 5.74) is -0.0539. The van der Waals surface area contributed by atoms with Crippen molar-refractivity contribution in [3.63, 3.8) is 0 Å². The fourth-order valence-electron chi connectivity index (χ4n) is 1.60. The van der Waals surface area contributed by atoms with Gasteiger partial charge in [0.05, 0.1) is 17.4 Å². The third kappa shape index (κ3) is 3.05. The Morgan fingerprint density at radius 1 is 1.30 bits per heavy atom. The molecule has 0 atom stereocenters. The smallest absolute Gasteiger partial charge is 0.419 e. The molecule has 2 rings (SSSR count). The van der Waals surface area contributed by atoms with E-state index in [1.165, 1.54) is 6.08 Å². The van der Waals surface area contributed by atoms with Crippen LogP contribution in [0.15, 0.2) is 42.7 Å². The Bertz CT molecular complexity index is 660. The SMILES string of the molecule is O=C(O)C=Cc1ccccc1-n1cc(C(F)(F)F)cn1. The van der Waals surface area contributed by atoms with Crippen molar-refractivity contribution in [3.05, 3.63) is 53.9 Å². The number of alkyl halides is 3. The second-order valence-electron chi connectivity index (χ2n) is 3.90. The Balaban J connectivity index is 2.43. The van der Waals surface area contributed by atoms with Gasteiger partial charge in [-0.3, -0.25) is 0 Å². The van der Waals surface area contributed by atoms with Gasteiger partial charge in [0.25, 0.3) is 0 Å². The molecule has 1 N–H and O–H groups in total. The minimum absolute atomic E-state index is 0.362. The standard InChI is InChI=1S/C13H9F3N2O2/c14-13(15,16)10-7-17-18(8-10)11-4-2-1-3-9(11)5-6-12(19)20/h1-8H,(H,19,20). The zero-order valence-electron chi connectivity index (χ0n) is 10.0. The highest BCUT2D eigenvalue weighted by Crippen LogP contribution is 2.29. The first-order valence-electron chi connectivity index (χ1n) is 5.50. The molecule has 0 spiro atoms. The molecule has 0 aliphatic carbocycles. The number of carboxylic acids is 1. The summed E-state index contributed by atoms with van der Waals surface area (Å²) < 4.78 is 38.6. The van der Waals surface area contributed by atoms with Gasteiger partial charge >= 0.3 is 12.1 Å². The minimum atomic E-state index is -4.47. The van der Waals surface area contributed by atoms with Crippen LogP contribution in [-0.4, -0.2) is 20.9 Å². The molecule has 0 radical (unpaired) electrons. The molecular weight excluding hydrogens is 273 g/mol. The van der Waals surface area contributed by atoms with Gasteiger partial charge in [-0.25, -0.2) is 9.48 Å². The highest BCUT2D eigenvalue weighted by atomic mass is 19.4. The Hall–Kier alpha value is -2.57. The number of para-hydroxylation sites is 1. The molecular formula is C13H9F3N2O2. The summed E-state index contributed by atoms with van der Waals surface area (Å²) in [5.74, 6) is -1.14. The molecule has 0 saturated heterocycles. The quantitative estimate of drug-likeness (QED) is 0.880. The molecule has 104 valence electrons. The molecule has 0 aliphatic rings. The molecule has 0 amide bonds. The van der Waals surface area contributed by atoms with Crippen molar-refractivity contribution in [1.29, 1.82) is 0 Å². The van der Waals surface area contributed by atoms with E-state index in [2.05, 4.69) is 5.10 Å². The molecule has 1 aromatic carbocycles. The number of halogens is 3. The van der Waals surface area contributed by atoms with E-state index in [1.54, 1.807) is 24.3 Å². The summed E-state index contributed by atoms with van der Waals surface area (Å²) >= 11 is 0. The van der Waals surface area contributed by atoms with Crippen LogP contribution in [0, 0.1) is 0 Å². The van der Waals surface area contributed by atoms with Crippen molar-refractivity contribution in [2.24, 2.45) is 0 Å². The monoisotopic (exact) mass is 282 g/mol. The van der Waals surface area contributed by atoms with Gasteiger partial charge in [0.2, 0.25) is 0 Å². The lowest BCUT2D eigenvalue weighted by atomic mass is 10.1. The van der Waals surface area contributed by atoms with Gasteiger partial charge in [-0.1, -0.05) is 18.2 Å². The molecule has 1 aromatic heterocycles. The third-order valence-corrected chi connectivity index (χ3v) is 2.50. The molecule has 0 bridgehead atoms. The van der Waals surface area contributed by atoms with Crippen LogP contribution >= 0.6 is 0 Å². The van der Waals surface area contributed by atoms with Gasteiger partial charge in [0, 0.05) is 17.8 Å². The second-order valence-corrected chi connectivity index (χ2v) is 3.90. The largest absolute Gasteiger partial charge is 0.478 e. The highest BCUT2D eigenvalue weighted by Gasteiger charge is 2.32. The van der Waals surface area contributed by atoms with E-state index in [-0.39, 0.29) is 0 Å². The normalized spacial score (nSPS) is 11.9. The Kier molecular flexibility index (Phi) is 3.60. The van der Waals surface area contributed by atoms with E-state index in [0.717, 1.165) is 23.2 Å². The maximum Gasteiger partial charge on any atom is 0.419 e. The van der Waals surface area contributed by atoms with E-state index >= 15 is 0 Å². The Morgan fingerprint density at radius 2 is 2.00 bits per heavy atom. The summed E-state index contributed by atoms with van der Waals surface area (Å²) in [4.78, 5) is 10.5. The van der Waals surface area contributed by atoms with Gasteiger partial charge < -0.3 is 5.11 Å². The summed E-state index contributed by atoms with van der Waals surface area (Å²) in [6.07, 6.45) is -0.686. The van der Waals surface area contributed by atoms with E-state index in [1.807, 2.05) is 0 Å². The average molecular weight is 282 g/mol. The average Bonchev–Trinajstić information content (AvgIpc) is 2.86. The van der Waals surface area contributed by atoms with E-state index in [0.29, 0.717) is 11.3 Å². The number of aromatic nitrogens is 2. The maximum absolute atomic E-state index is 12.5. The van der Waals surface area contributed by atoms with Crippen LogP contribution in [0.3, 0.4) is 0 Å². The van der Waals surface area contributed by atoms with Gasteiger partial charge in [0.1, 0.15) is 0 Å². The fourth-order valence-corrected chi connectivity index (χ4v) is 1.60. The van der Waals surface area contributed by atoms with E-state index in [9.17, 15) is 18.0 Å². The van der Waals surface area contributed by atoms with Crippen molar-refractivity contribution < 1.29 is 23.1 Å². The number of carbonyl (C=O) groups is 1. The predicted octanol–water partition coefficient (Wildman–Crippen LogP) is 2.99. The summed E-state index contributed by atoms with van der Waals surface area (Å²) in [6.45, 7) is 0. The van der Waals surface area contributed by atoms with Crippen molar-refractivity contribution >= 4 is 12.0 Å². The summed E-state index contributed by atoms with van der Waals surface area (Å²) in [6, 6.07) is 6.42. The number of nitrogens with zero attached hydrogens (tertiary/aromatic N) is 2. The first-order chi connectivity index (χ1) is 9.38. The number of rotatable bonds is 3. The first-order valence-corrected chi connectivity index (χ1v) is 5.50. The predicted molar refractivity (Wildman–Crippen MR) is 65.2 cm³/mol. The van der Waals surface area contributed by atoms with Gasteiger partial charge in [-0.2, -0.15) is 18.3 Å². The van der Waals surface area contributed by atoms with Crippen LogP contribution < -0.4 is 0 Å². The van der Waals surface area contributed by atoms with Crippen LogP contribution in [0.4, 0.5) is 13.2 Å².